The van der Waals surface area contributed by atoms with E-state index in [9.17, 15) is 0 Å². The van der Waals surface area contributed by atoms with Gasteiger partial charge in [-0.15, -0.1) is 0 Å². The van der Waals surface area contributed by atoms with Crippen LogP contribution in [-0.4, -0.2) is 16.1 Å². The van der Waals surface area contributed by atoms with Crippen molar-refractivity contribution in [2.24, 2.45) is 0 Å². The van der Waals surface area contributed by atoms with E-state index in [2.05, 4.69) is 27.6 Å². The molecule has 5 heteroatoms. The molecular formula is C16H16ClIN2O. The van der Waals surface area contributed by atoms with Crippen molar-refractivity contribution in [3.05, 3.63) is 38.7 Å². The first kappa shape index (κ1) is 15.0. The highest BCUT2D eigenvalue weighted by Gasteiger charge is 2.29. The normalized spacial score (nSPS) is 14.5. The highest BCUT2D eigenvalue weighted by molar-refractivity contribution is 14.1. The van der Waals surface area contributed by atoms with Gasteiger partial charge >= 0.3 is 0 Å². The topological polar surface area (TPSA) is 35.0 Å². The molecule has 0 spiro atoms. The van der Waals surface area contributed by atoms with E-state index < -0.39 is 0 Å². The van der Waals surface area contributed by atoms with E-state index in [0.717, 1.165) is 20.6 Å². The summed E-state index contributed by atoms with van der Waals surface area (Å²) in [5.41, 5.74) is 2.02. The maximum absolute atomic E-state index is 6.27. The molecule has 0 saturated heterocycles. The summed E-state index contributed by atoms with van der Waals surface area (Å²) in [7, 11) is 0. The van der Waals surface area contributed by atoms with Gasteiger partial charge in [0, 0.05) is 11.5 Å². The molecule has 1 aliphatic carbocycles. The van der Waals surface area contributed by atoms with Crippen LogP contribution in [0.3, 0.4) is 0 Å². The van der Waals surface area contributed by atoms with Gasteiger partial charge in [-0.1, -0.05) is 23.7 Å². The van der Waals surface area contributed by atoms with E-state index in [-0.39, 0.29) is 6.10 Å². The van der Waals surface area contributed by atoms with Crippen molar-refractivity contribution in [3.63, 3.8) is 0 Å². The zero-order valence-corrected chi connectivity index (χ0v) is 14.9. The summed E-state index contributed by atoms with van der Waals surface area (Å²) in [6, 6.07) is 7.86. The summed E-state index contributed by atoms with van der Waals surface area (Å²) >= 11 is 8.51. The number of benzene rings is 1. The van der Waals surface area contributed by atoms with E-state index >= 15 is 0 Å². The van der Waals surface area contributed by atoms with Crippen molar-refractivity contribution >= 4 is 34.2 Å². The Bertz CT molecular complexity index is 671. The molecule has 110 valence electrons. The Balaban J connectivity index is 2.00. The van der Waals surface area contributed by atoms with E-state index in [1.54, 1.807) is 0 Å². The van der Waals surface area contributed by atoms with Gasteiger partial charge in [0.1, 0.15) is 10.9 Å². The van der Waals surface area contributed by atoms with Gasteiger partial charge in [0.25, 0.3) is 0 Å². The van der Waals surface area contributed by atoms with Crippen LogP contribution in [0.15, 0.2) is 24.3 Å². The van der Waals surface area contributed by atoms with Gasteiger partial charge in [0.2, 0.25) is 0 Å². The lowest BCUT2D eigenvalue weighted by molar-refractivity contribution is 0.242. The highest BCUT2D eigenvalue weighted by Crippen LogP contribution is 2.42. The number of hydrogen-bond acceptors (Lipinski definition) is 3. The van der Waals surface area contributed by atoms with Crippen molar-refractivity contribution in [2.75, 3.05) is 0 Å². The number of ether oxygens (including phenoxy) is 1. The predicted octanol–water partition coefficient (Wildman–Crippen LogP) is 5.07. The fourth-order valence-corrected chi connectivity index (χ4v) is 3.03. The molecule has 0 bridgehead atoms. The molecule has 1 aromatic carbocycles. The van der Waals surface area contributed by atoms with Gasteiger partial charge in [-0.2, -0.15) is 0 Å². The lowest BCUT2D eigenvalue weighted by Crippen LogP contribution is -2.05. The summed E-state index contributed by atoms with van der Waals surface area (Å²) in [6.45, 7) is 4.02. The number of aromatic nitrogens is 2. The molecule has 21 heavy (non-hydrogen) atoms. The number of hydrogen-bond donors (Lipinski definition) is 0. The molecule has 1 saturated carbocycles. The first-order valence-corrected chi connectivity index (χ1v) is 8.50. The first-order valence-electron chi connectivity index (χ1n) is 7.04. The van der Waals surface area contributed by atoms with Crippen molar-refractivity contribution in [3.8, 4) is 17.1 Å². The predicted molar refractivity (Wildman–Crippen MR) is 92.9 cm³/mol. The third kappa shape index (κ3) is 3.48. The fraction of sp³-hybridized carbons (Fsp3) is 0.375. The van der Waals surface area contributed by atoms with Crippen molar-refractivity contribution in [1.29, 1.82) is 0 Å². The van der Waals surface area contributed by atoms with Crippen LogP contribution < -0.4 is 4.74 Å². The zero-order chi connectivity index (χ0) is 15.0. The fourth-order valence-electron chi connectivity index (χ4n) is 2.17. The minimum Gasteiger partial charge on any atom is -0.491 e. The maximum atomic E-state index is 6.27. The molecule has 3 nitrogen and oxygen atoms in total. The summed E-state index contributed by atoms with van der Waals surface area (Å²) in [4.78, 5) is 9.15. The quantitative estimate of drug-likeness (QED) is 0.518. The number of halogens is 2. The molecule has 3 rings (SSSR count). The second-order valence-electron chi connectivity index (χ2n) is 5.51. The highest BCUT2D eigenvalue weighted by atomic mass is 127. The lowest BCUT2D eigenvalue weighted by atomic mass is 10.2. The van der Waals surface area contributed by atoms with E-state index in [1.165, 1.54) is 12.8 Å². The Hall–Kier alpha value is -0.880. The lowest BCUT2D eigenvalue weighted by Gasteiger charge is -2.11. The molecule has 1 aromatic heterocycles. The molecule has 2 aromatic rings. The Morgan fingerprint density at radius 2 is 2.05 bits per heavy atom. The van der Waals surface area contributed by atoms with Crippen LogP contribution in [-0.2, 0) is 0 Å². The van der Waals surface area contributed by atoms with Gasteiger partial charge < -0.3 is 4.74 Å². The summed E-state index contributed by atoms with van der Waals surface area (Å²) in [6.07, 6.45) is 2.53. The Labute approximate surface area is 143 Å². The maximum Gasteiger partial charge on any atom is 0.161 e. The molecule has 1 heterocycles. The SMILES string of the molecule is CC(C)Oc1cccc(-c2nc(Cl)c(I)c(C3CC3)n2)c1. The van der Waals surface area contributed by atoms with Crippen molar-refractivity contribution in [1.82, 2.24) is 9.97 Å². The Morgan fingerprint density at radius 3 is 2.71 bits per heavy atom. The standard InChI is InChI=1S/C16H16ClIN2O/c1-9(2)21-12-5-3-4-11(8-12)16-19-14(10-6-7-10)13(18)15(17)20-16/h3-5,8-10H,6-7H2,1-2H3. The van der Waals surface area contributed by atoms with Crippen LogP contribution in [0, 0.1) is 3.57 Å². The molecule has 0 atom stereocenters. The second-order valence-corrected chi connectivity index (χ2v) is 6.94. The van der Waals surface area contributed by atoms with Crippen LogP contribution in [0.25, 0.3) is 11.4 Å². The third-order valence-electron chi connectivity index (χ3n) is 3.26. The molecule has 1 fully saturated rings. The molecule has 0 amide bonds. The molecule has 0 aliphatic heterocycles. The minimum absolute atomic E-state index is 0.142. The Morgan fingerprint density at radius 1 is 1.29 bits per heavy atom. The van der Waals surface area contributed by atoms with Crippen LogP contribution in [0.2, 0.25) is 5.15 Å². The van der Waals surface area contributed by atoms with Crippen LogP contribution >= 0.6 is 34.2 Å². The zero-order valence-electron chi connectivity index (χ0n) is 11.9. The van der Waals surface area contributed by atoms with Gasteiger partial charge in [-0.05, 0) is 61.4 Å². The molecular weight excluding hydrogens is 399 g/mol. The second kappa shape index (κ2) is 6.08. The largest absolute Gasteiger partial charge is 0.491 e. The summed E-state index contributed by atoms with van der Waals surface area (Å²) in [5, 5.41) is 0.540. The molecule has 0 unspecified atom stereocenters. The van der Waals surface area contributed by atoms with Crippen LogP contribution in [0.4, 0.5) is 0 Å². The average molecular weight is 415 g/mol. The van der Waals surface area contributed by atoms with Crippen LogP contribution in [0.5, 0.6) is 5.75 Å². The van der Waals surface area contributed by atoms with Gasteiger partial charge in [-0.25, -0.2) is 9.97 Å². The van der Waals surface area contributed by atoms with Crippen molar-refractivity contribution < 1.29 is 4.74 Å². The van der Waals surface area contributed by atoms with Gasteiger partial charge in [0.15, 0.2) is 5.82 Å². The van der Waals surface area contributed by atoms with E-state index in [4.69, 9.17) is 21.3 Å². The first-order chi connectivity index (χ1) is 10.0. The molecule has 0 N–H and O–H groups in total. The summed E-state index contributed by atoms with van der Waals surface area (Å²) < 4.78 is 6.71. The van der Waals surface area contributed by atoms with E-state index in [1.807, 2.05) is 38.1 Å². The number of rotatable bonds is 4. The Kier molecular flexibility index (Phi) is 4.36. The molecule has 1 aliphatic rings. The third-order valence-corrected chi connectivity index (χ3v) is 4.92. The molecule has 0 radical (unpaired) electrons. The average Bonchev–Trinajstić information content (AvgIpc) is 3.25. The summed E-state index contributed by atoms with van der Waals surface area (Å²) in [5.74, 6) is 2.05. The number of nitrogens with zero attached hydrogens (tertiary/aromatic N) is 2. The van der Waals surface area contributed by atoms with Gasteiger partial charge in [0.05, 0.1) is 15.4 Å². The minimum atomic E-state index is 0.142. The monoisotopic (exact) mass is 414 g/mol. The smallest absolute Gasteiger partial charge is 0.161 e. The van der Waals surface area contributed by atoms with E-state index in [0.29, 0.717) is 16.9 Å². The van der Waals surface area contributed by atoms with Crippen molar-refractivity contribution in [2.45, 2.75) is 38.7 Å². The van der Waals surface area contributed by atoms with Crippen LogP contribution in [0.1, 0.15) is 38.3 Å². The van der Waals surface area contributed by atoms with Gasteiger partial charge in [-0.3, -0.25) is 0 Å².